The Morgan fingerprint density at radius 1 is 1.39 bits per heavy atom. The van der Waals surface area contributed by atoms with E-state index >= 15 is 0 Å². The third-order valence-electron chi connectivity index (χ3n) is 3.85. The van der Waals surface area contributed by atoms with Gasteiger partial charge in [0, 0.05) is 38.9 Å². The molecule has 1 fully saturated rings. The van der Waals surface area contributed by atoms with Crippen molar-refractivity contribution in [3.8, 4) is 0 Å². The second-order valence-corrected chi connectivity index (χ2v) is 5.64. The Kier molecular flexibility index (Phi) is 7.48. The number of halogens is 1. The molecule has 1 heterocycles. The third-order valence-corrected chi connectivity index (χ3v) is 3.85. The van der Waals surface area contributed by atoms with Crippen molar-refractivity contribution >= 4 is 30.0 Å². The van der Waals surface area contributed by atoms with Gasteiger partial charge < -0.3 is 14.7 Å². The monoisotopic (exact) mass is 342 g/mol. The molecule has 7 heteroatoms. The number of hydrogen-bond donors (Lipinski definition) is 1. The highest BCUT2D eigenvalue weighted by Gasteiger charge is 2.34. The summed E-state index contributed by atoms with van der Waals surface area (Å²) in [5.74, 6) is -1.64. The molecule has 0 spiro atoms. The van der Waals surface area contributed by atoms with Gasteiger partial charge in [0.25, 0.3) is 0 Å². The number of rotatable bonds is 7. The summed E-state index contributed by atoms with van der Waals surface area (Å²) in [5, 5.41) is 9.02. The molecule has 23 heavy (non-hydrogen) atoms. The van der Waals surface area contributed by atoms with E-state index in [0.717, 1.165) is 24.3 Å². The summed E-state index contributed by atoms with van der Waals surface area (Å²) in [7, 11) is 3.70. The molecule has 1 aromatic carbocycles. The van der Waals surface area contributed by atoms with Gasteiger partial charge in [0.1, 0.15) is 0 Å². The minimum Gasteiger partial charge on any atom is -0.481 e. The van der Waals surface area contributed by atoms with E-state index in [1.807, 2.05) is 31.3 Å². The molecule has 2 rings (SSSR count). The van der Waals surface area contributed by atoms with Crippen LogP contribution in [0.5, 0.6) is 0 Å². The first-order valence-electron chi connectivity index (χ1n) is 7.31. The second kappa shape index (κ2) is 8.86. The van der Waals surface area contributed by atoms with Gasteiger partial charge in [-0.3, -0.25) is 14.5 Å². The second-order valence-electron chi connectivity index (χ2n) is 5.64. The molecular weight excluding hydrogens is 320 g/mol. The Labute approximate surface area is 142 Å². The van der Waals surface area contributed by atoms with E-state index in [2.05, 4.69) is 4.90 Å². The molecule has 0 radical (unpaired) electrons. The smallest absolute Gasteiger partial charge is 0.308 e. The van der Waals surface area contributed by atoms with Crippen LogP contribution in [-0.2, 0) is 20.9 Å². The standard InChI is InChI=1S/C16H22N2O4.ClH/c1-17(7-8-22-2)10-12-3-5-14(6-4-12)18-11-13(16(20)21)9-15(18)19;/h3-6,13H,7-11H2,1-2H3,(H,20,21);1H/t13-;/m0./s1. The molecule has 1 amide bonds. The van der Waals surface area contributed by atoms with Crippen LogP contribution in [-0.4, -0.2) is 55.7 Å². The van der Waals surface area contributed by atoms with Crippen molar-refractivity contribution in [2.75, 3.05) is 38.8 Å². The predicted molar refractivity (Wildman–Crippen MR) is 90.0 cm³/mol. The summed E-state index contributed by atoms with van der Waals surface area (Å²) in [5.41, 5.74) is 1.90. The Bertz CT molecular complexity index is 535. The highest BCUT2D eigenvalue weighted by atomic mass is 35.5. The molecule has 128 valence electrons. The summed E-state index contributed by atoms with van der Waals surface area (Å²) in [4.78, 5) is 26.6. The number of benzene rings is 1. The number of carboxylic acids is 1. The van der Waals surface area contributed by atoms with Gasteiger partial charge in [-0.1, -0.05) is 12.1 Å². The normalized spacial score (nSPS) is 17.4. The topological polar surface area (TPSA) is 70.1 Å². The highest BCUT2D eigenvalue weighted by Crippen LogP contribution is 2.25. The molecule has 6 nitrogen and oxygen atoms in total. The summed E-state index contributed by atoms with van der Waals surface area (Å²) in [6.45, 7) is 2.59. The van der Waals surface area contributed by atoms with Crippen molar-refractivity contribution in [2.24, 2.45) is 5.92 Å². The number of carbonyl (C=O) groups excluding carboxylic acids is 1. The van der Waals surface area contributed by atoms with E-state index in [0.29, 0.717) is 6.61 Å². The number of nitrogens with zero attached hydrogens (tertiary/aromatic N) is 2. The van der Waals surface area contributed by atoms with Gasteiger partial charge in [0.05, 0.1) is 12.5 Å². The van der Waals surface area contributed by atoms with Gasteiger partial charge >= 0.3 is 5.97 Å². The Hall–Kier alpha value is -1.63. The maximum atomic E-state index is 11.9. The SMILES string of the molecule is COCCN(C)Cc1ccc(N2C[C@@H](C(=O)O)CC2=O)cc1.Cl. The summed E-state index contributed by atoms with van der Waals surface area (Å²) in [6.07, 6.45) is 0.0802. The first kappa shape index (κ1) is 19.4. The zero-order chi connectivity index (χ0) is 16.1. The van der Waals surface area contributed by atoms with Crippen LogP contribution in [0.3, 0.4) is 0 Å². The van der Waals surface area contributed by atoms with Crippen molar-refractivity contribution < 1.29 is 19.4 Å². The molecule has 0 aromatic heterocycles. The van der Waals surface area contributed by atoms with E-state index in [9.17, 15) is 9.59 Å². The van der Waals surface area contributed by atoms with Gasteiger partial charge in [0.2, 0.25) is 5.91 Å². The number of carbonyl (C=O) groups is 2. The average Bonchev–Trinajstić information content (AvgIpc) is 2.88. The fourth-order valence-corrected chi connectivity index (χ4v) is 2.54. The first-order valence-corrected chi connectivity index (χ1v) is 7.31. The van der Waals surface area contributed by atoms with Crippen molar-refractivity contribution in [3.63, 3.8) is 0 Å². The molecule has 0 bridgehead atoms. The largest absolute Gasteiger partial charge is 0.481 e. The zero-order valence-electron chi connectivity index (χ0n) is 13.4. The maximum absolute atomic E-state index is 11.9. The average molecular weight is 343 g/mol. The lowest BCUT2D eigenvalue weighted by Crippen LogP contribution is -2.26. The minimum absolute atomic E-state index is 0. The molecule has 1 atom stereocenters. The van der Waals surface area contributed by atoms with Crippen molar-refractivity contribution in [1.82, 2.24) is 4.90 Å². The fraction of sp³-hybridized carbons (Fsp3) is 0.500. The summed E-state index contributed by atoms with van der Waals surface area (Å²) < 4.78 is 5.04. The van der Waals surface area contributed by atoms with E-state index in [1.165, 1.54) is 0 Å². The van der Waals surface area contributed by atoms with E-state index in [4.69, 9.17) is 9.84 Å². The number of anilines is 1. The fourth-order valence-electron chi connectivity index (χ4n) is 2.54. The van der Waals surface area contributed by atoms with E-state index < -0.39 is 11.9 Å². The molecule has 0 aliphatic carbocycles. The lowest BCUT2D eigenvalue weighted by Gasteiger charge is -2.18. The van der Waals surface area contributed by atoms with Gasteiger partial charge in [0.15, 0.2) is 0 Å². The van der Waals surface area contributed by atoms with Crippen LogP contribution in [0.2, 0.25) is 0 Å². The number of hydrogen-bond acceptors (Lipinski definition) is 4. The first-order chi connectivity index (χ1) is 10.5. The van der Waals surface area contributed by atoms with Crippen molar-refractivity contribution in [2.45, 2.75) is 13.0 Å². The quantitative estimate of drug-likeness (QED) is 0.815. The van der Waals surface area contributed by atoms with Crippen LogP contribution in [0.25, 0.3) is 0 Å². The van der Waals surface area contributed by atoms with Crippen molar-refractivity contribution in [1.29, 1.82) is 0 Å². The number of likely N-dealkylation sites (N-methyl/N-ethyl adjacent to an activating group) is 1. The van der Waals surface area contributed by atoms with Crippen molar-refractivity contribution in [3.05, 3.63) is 29.8 Å². The van der Waals surface area contributed by atoms with Crippen LogP contribution in [0, 0.1) is 5.92 Å². The molecule has 1 aliphatic heterocycles. The molecule has 1 N–H and O–H groups in total. The van der Waals surface area contributed by atoms with Gasteiger partial charge in [-0.05, 0) is 24.7 Å². The van der Waals surface area contributed by atoms with E-state index in [1.54, 1.807) is 12.0 Å². The van der Waals surface area contributed by atoms with Crippen LogP contribution in [0.15, 0.2) is 24.3 Å². The summed E-state index contributed by atoms with van der Waals surface area (Å²) in [6, 6.07) is 7.70. The molecule has 1 aliphatic rings. The maximum Gasteiger partial charge on any atom is 0.308 e. The third kappa shape index (κ3) is 5.20. The molecule has 0 saturated carbocycles. The number of amides is 1. The van der Waals surface area contributed by atoms with Gasteiger partial charge in [-0.15, -0.1) is 12.4 Å². The van der Waals surface area contributed by atoms with Crippen LogP contribution >= 0.6 is 12.4 Å². The van der Waals surface area contributed by atoms with Crippen LogP contribution < -0.4 is 4.90 Å². The van der Waals surface area contributed by atoms with Gasteiger partial charge in [-0.25, -0.2) is 0 Å². The van der Waals surface area contributed by atoms with Gasteiger partial charge in [-0.2, -0.15) is 0 Å². The molecular formula is C16H23ClN2O4. The van der Waals surface area contributed by atoms with Crippen LogP contribution in [0.4, 0.5) is 5.69 Å². The summed E-state index contributed by atoms with van der Waals surface area (Å²) >= 11 is 0. The Morgan fingerprint density at radius 2 is 2.04 bits per heavy atom. The van der Waals surface area contributed by atoms with Crippen LogP contribution in [0.1, 0.15) is 12.0 Å². The minimum atomic E-state index is -0.910. The Morgan fingerprint density at radius 3 is 2.57 bits per heavy atom. The molecule has 0 unspecified atom stereocenters. The lowest BCUT2D eigenvalue weighted by atomic mass is 10.1. The zero-order valence-corrected chi connectivity index (χ0v) is 14.2. The molecule has 1 aromatic rings. The highest BCUT2D eigenvalue weighted by molar-refractivity contribution is 5.99. The molecule has 1 saturated heterocycles. The number of aliphatic carboxylic acids is 1. The lowest BCUT2D eigenvalue weighted by molar-refractivity contribution is -0.141. The number of carboxylic acid groups (broad SMARTS) is 1. The number of methoxy groups -OCH3 is 1. The Balaban J connectivity index is 0.00000264. The predicted octanol–water partition coefficient (Wildman–Crippen LogP) is 1.62. The number of ether oxygens (including phenoxy) is 1. The van der Waals surface area contributed by atoms with E-state index in [-0.39, 0.29) is 31.3 Å².